The maximum absolute atomic E-state index is 5.94. The summed E-state index contributed by atoms with van der Waals surface area (Å²) in [6.07, 6.45) is 7.09. The molecule has 0 heterocycles. The fourth-order valence-electron chi connectivity index (χ4n) is 2.17. The first kappa shape index (κ1) is 17.8. The van der Waals surface area contributed by atoms with E-state index < -0.39 is 0 Å². The Labute approximate surface area is 130 Å². The van der Waals surface area contributed by atoms with Crippen LogP contribution in [0.5, 0.6) is 11.5 Å². The molecule has 0 unspecified atom stereocenters. The van der Waals surface area contributed by atoms with Gasteiger partial charge in [0.25, 0.3) is 0 Å². The van der Waals surface area contributed by atoms with Crippen LogP contribution in [0.4, 0.5) is 0 Å². The van der Waals surface area contributed by atoms with Gasteiger partial charge in [-0.1, -0.05) is 45.6 Å². The molecule has 0 atom stereocenters. The Morgan fingerprint density at radius 3 is 2.19 bits per heavy atom. The van der Waals surface area contributed by atoms with Crippen molar-refractivity contribution in [2.45, 2.75) is 58.9 Å². The predicted octanol–water partition coefficient (Wildman–Crippen LogP) is 4.54. The number of hydrogen-bond donors (Lipinski definition) is 1. The van der Waals surface area contributed by atoms with Gasteiger partial charge in [-0.2, -0.15) is 0 Å². The zero-order valence-electron chi connectivity index (χ0n) is 13.9. The van der Waals surface area contributed by atoms with Crippen LogP contribution in [-0.4, -0.2) is 20.3 Å². The molecule has 0 amide bonds. The largest absolute Gasteiger partial charge is 0.493 e. The fourth-order valence-corrected chi connectivity index (χ4v) is 2.17. The Morgan fingerprint density at radius 1 is 0.905 bits per heavy atom. The molecule has 0 bridgehead atoms. The molecule has 1 N–H and O–H groups in total. The van der Waals surface area contributed by atoms with E-state index in [4.69, 9.17) is 9.47 Å². The number of hydrogen-bond acceptors (Lipinski definition) is 3. The quantitative estimate of drug-likeness (QED) is 0.574. The van der Waals surface area contributed by atoms with E-state index in [9.17, 15) is 0 Å². The lowest BCUT2D eigenvalue weighted by molar-refractivity contribution is 0.289. The summed E-state index contributed by atoms with van der Waals surface area (Å²) in [5.74, 6) is 1.87. The van der Waals surface area contributed by atoms with Gasteiger partial charge in [0.2, 0.25) is 0 Å². The summed E-state index contributed by atoms with van der Waals surface area (Å²) >= 11 is 0. The zero-order chi connectivity index (χ0) is 15.3. The number of ether oxygens (including phenoxy) is 2. The summed E-state index contributed by atoms with van der Waals surface area (Å²) in [5, 5.41) is 3.18. The molecule has 1 aromatic carbocycles. The minimum Gasteiger partial charge on any atom is -0.493 e. The first-order chi connectivity index (χ1) is 10.3. The van der Waals surface area contributed by atoms with Gasteiger partial charge < -0.3 is 14.8 Å². The zero-order valence-corrected chi connectivity index (χ0v) is 13.9. The first-order valence-corrected chi connectivity index (χ1v) is 8.34. The molecule has 0 saturated heterocycles. The summed E-state index contributed by atoms with van der Waals surface area (Å²) in [5.41, 5.74) is 1.19. The van der Waals surface area contributed by atoms with E-state index in [2.05, 4.69) is 25.2 Å². The van der Waals surface area contributed by atoms with Crippen LogP contribution in [0.25, 0.3) is 0 Å². The standard InChI is InChI=1S/C18H31NO2/c1-4-6-8-12-20-17-11-10-16(15-19-3)18(14-17)21-13-9-7-5-2/h10-11,14,19H,4-9,12-13,15H2,1-3H3. The molecule has 1 rings (SSSR count). The summed E-state index contributed by atoms with van der Waals surface area (Å²) < 4.78 is 11.7. The van der Waals surface area contributed by atoms with Crippen molar-refractivity contribution in [3.63, 3.8) is 0 Å². The van der Waals surface area contributed by atoms with Crippen LogP contribution in [0, 0.1) is 0 Å². The third-order valence-electron chi connectivity index (χ3n) is 3.43. The van der Waals surface area contributed by atoms with Crippen LogP contribution in [0.1, 0.15) is 57.9 Å². The van der Waals surface area contributed by atoms with E-state index in [0.717, 1.165) is 44.1 Å². The van der Waals surface area contributed by atoms with Gasteiger partial charge in [0.15, 0.2) is 0 Å². The minimum atomic E-state index is 0.782. The third kappa shape index (κ3) is 7.37. The van der Waals surface area contributed by atoms with Crippen molar-refractivity contribution in [3.05, 3.63) is 23.8 Å². The maximum Gasteiger partial charge on any atom is 0.127 e. The molecule has 0 aliphatic carbocycles. The topological polar surface area (TPSA) is 30.5 Å². The van der Waals surface area contributed by atoms with E-state index in [1.54, 1.807) is 0 Å². The Hall–Kier alpha value is -1.22. The number of nitrogens with one attached hydrogen (secondary N) is 1. The van der Waals surface area contributed by atoms with Gasteiger partial charge in [-0.05, 0) is 26.0 Å². The van der Waals surface area contributed by atoms with Gasteiger partial charge in [-0.15, -0.1) is 0 Å². The molecule has 120 valence electrons. The lowest BCUT2D eigenvalue weighted by atomic mass is 10.2. The Kier molecular flexibility index (Phi) is 9.71. The molecular weight excluding hydrogens is 262 g/mol. The highest BCUT2D eigenvalue weighted by molar-refractivity contribution is 5.40. The lowest BCUT2D eigenvalue weighted by Gasteiger charge is -2.14. The number of benzene rings is 1. The van der Waals surface area contributed by atoms with Gasteiger partial charge in [-0.25, -0.2) is 0 Å². The van der Waals surface area contributed by atoms with Crippen molar-refractivity contribution in [2.75, 3.05) is 20.3 Å². The normalized spacial score (nSPS) is 10.6. The molecule has 21 heavy (non-hydrogen) atoms. The molecule has 0 fully saturated rings. The highest BCUT2D eigenvalue weighted by Crippen LogP contribution is 2.25. The van der Waals surface area contributed by atoms with Crippen LogP contribution in [0.15, 0.2) is 18.2 Å². The van der Waals surface area contributed by atoms with Gasteiger partial charge in [0.1, 0.15) is 11.5 Å². The van der Waals surface area contributed by atoms with Crippen LogP contribution in [0.2, 0.25) is 0 Å². The first-order valence-electron chi connectivity index (χ1n) is 8.34. The second kappa shape index (κ2) is 11.4. The summed E-state index contributed by atoms with van der Waals surface area (Å²) in [7, 11) is 1.95. The van der Waals surface area contributed by atoms with Crippen molar-refractivity contribution >= 4 is 0 Å². The lowest BCUT2D eigenvalue weighted by Crippen LogP contribution is -2.08. The fraction of sp³-hybridized carbons (Fsp3) is 0.667. The van der Waals surface area contributed by atoms with Gasteiger partial charge in [0.05, 0.1) is 13.2 Å². The van der Waals surface area contributed by atoms with Gasteiger partial charge >= 0.3 is 0 Å². The third-order valence-corrected chi connectivity index (χ3v) is 3.43. The van der Waals surface area contributed by atoms with Crippen molar-refractivity contribution in [3.8, 4) is 11.5 Å². The SMILES string of the molecule is CCCCCOc1ccc(CNC)c(OCCCCC)c1. The smallest absolute Gasteiger partial charge is 0.127 e. The van der Waals surface area contributed by atoms with Crippen LogP contribution < -0.4 is 14.8 Å². The van der Waals surface area contributed by atoms with E-state index in [-0.39, 0.29) is 0 Å². The molecule has 0 aliphatic rings. The number of unbranched alkanes of at least 4 members (excludes halogenated alkanes) is 4. The summed E-state index contributed by atoms with van der Waals surface area (Å²) in [4.78, 5) is 0. The van der Waals surface area contributed by atoms with Gasteiger partial charge in [-0.3, -0.25) is 0 Å². The molecule has 0 saturated carbocycles. The average Bonchev–Trinajstić information content (AvgIpc) is 2.50. The molecule has 0 radical (unpaired) electrons. The average molecular weight is 293 g/mol. The Balaban J connectivity index is 2.57. The van der Waals surface area contributed by atoms with Crippen LogP contribution in [-0.2, 0) is 6.54 Å². The highest BCUT2D eigenvalue weighted by atomic mass is 16.5. The molecular formula is C18H31NO2. The molecule has 0 spiro atoms. The van der Waals surface area contributed by atoms with E-state index in [1.807, 2.05) is 19.2 Å². The van der Waals surface area contributed by atoms with Crippen molar-refractivity contribution in [2.24, 2.45) is 0 Å². The summed E-state index contributed by atoms with van der Waals surface area (Å²) in [6, 6.07) is 6.17. The predicted molar refractivity (Wildman–Crippen MR) is 89.2 cm³/mol. The second-order valence-corrected chi connectivity index (χ2v) is 5.41. The van der Waals surface area contributed by atoms with E-state index >= 15 is 0 Å². The molecule has 1 aromatic rings. The maximum atomic E-state index is 5.94. The minimum absolute atomic E-state index is 0.782. The second-order valence-electron chi connectivity index (χ2n) is 5.41. The van der Waals surface area contributed by atoms with E-state index in [1.165, 1.54) is 31.2 Å². The molecule has 3 nitrogen and oxygen atoms in total. The van der Waals surface area contributed by atoms with Crippen molar-refractivity contribution in [1.29, 1.82) is 0 Å². The van der Waals surface area contributed by atoms with Crippen LogP contribution >= 0.6 is 0 Å². The van der Waals surface area contributed by atoms with Crippen molar-refractivity contribution in [1.82, 2.24) is 5.32 Å². The molecule has 3 heteroatoms. The van der Waals surface area contributed by atoms with E-state index in [0.29, 0.717) is 0 Å². The summed E-state index contributed by atoms with van der Waals surface area (Å²) in [6.45, 7) is 6.80. The Bertz CT molecular complexity index is 379. The Morgan fingerprint density at radius 2 is 1.57 bits per heavy atom. The molecule has 0 aliphatic heterocycles. The monoisotopic (exact) mass is 293 g/mol. The number of rotatable bonds is 12. The molecule has 0 aromatic heterocycles. The van der Waals surface area contributed by atoms with Gasteiger partial charge in [0, 0.05) is 18.2 Å². The van der Waals surface area contributed by atoms with Crippen LogP contribution in [0.3, 0.4) is 0 Å². The highest BCUT2D eigenvalue weighted by Gasteiger charge is 2.06. The van der Waals surface area contributed by atoms with Crippen molar-refractivity contribution < 1.29 is 9.47 Å².